The van der Waals surface area contributed by atoms with Crippen LogP contribution in [0.15, 0.2) is 42.5 Å². The molecule has 2 aromatic rings. The summed E-state index contributed by atoms with van der Waals surface area (Å²) in [5.41, 5.74) is 1.08. The SMILES string of the molecule is O=C(CN(Cc1ccccc1O)CC1CCCO1)Nc1ccc(OC(F)F)c(Cl)c1. The van der Waals surface area contributed by atoms with Gasteiger partial charge in [-0.25, -0.2) is 0 Å². The van der Waals surface area contributed by atoms with E-state index in [0.717, 1.165) is 12.8 Å². The molecule has 1 aliphatic rings. The first-order valence-electron chi connectivity index (χ1n) is 9.56. The third-order valence-corrected chi connectivity index (χ3v) is 4.97. The van der Waals surface area contributed by atoms with Crippen LogP contribution in [0.4, 0.5) is 14.5 Å². The molecular weight excluding hydrogens is 418 g/mol. The Morgan fingerprint density at radius 2 is 2.13 bits per heavy atom. The smallest absolute Gasteiger partial charge is 0.387 e. The quantitative estimate of drug-likeness (QED) is 0.609. The number of nitrogens with zero attached hydrogens (tertiary/aromatic N) is 1. The van der Waals surface area contributed by atoms with Crippen LogP contribution in [0.5, 0.6) is 11.5 Å². The molecular formula is C21H23ClF2N2O4. The molecule has 2 N–H and O–H groups in total. The maximum Gasteiger partial charge on any atom is 0.387 e. The van der Waals surface area contributed by atoms with E-state index in [4.69, 9.17) is 16.3 Å². The van der Waals surface area contributed by atoms with Gasteiger partial charge in [0, 0.05) is 30.9 Å². The molecule has 0 spiro atoms. The van der Waals surface area contributed by atoms with E-state index in [1.54, 1.807) is 18.2 Å². The minimum atomic E-state index is -2.98. The number of alkyl halides is 2. The monoisotopic (exact) mass is 440 g/mol. The highest BCUT2D eigenvalue weighted by atomic mass is 35.5. The maximum absolute atomic E-state index is 12.6. The summed E-state index contributed by atoms with van der Waals surface area (Å²) in [5, 5.41) is 12.7. The summed E-state index contributed by atoms with van der Waals surface area (Å²) in [4.78, 5) is 14.5. The molecule has 1 atom stereocenters. The highest BCUT2D eigenvalue weighted by Gasteiger charge is 2.22. The molecule has 1 amide bonds. The number of anilines is 1. The van der Waals surface area contributed by atoms with Gasteiger partial charge in [0.2, 0.25) is 5.91 Å². The number of carbonyl (C=O) groups excluding carboxylic acids is 1. The zero-order valence-electron chi connectivity index (χ0n) is 16.2. The van der Waals surface area contributed by atoms with Crippen LogP contribution in [0.25, 0.3) is 0 Å². The van der Waals surface area contributed by atoms with E-state index in [-0.39, 0.29) is 35.1 Å². The largest absolute Gasteiger partial charge is 0.508 e. The van der Waals surface area contributed by atoms with E-state index in [0.29, 0.717) is 30.9 Å². The fraction of sp³-hybridized carbons (Fsp3) is 0.381. The van der Waals surface area contributed by atoms with E-state index in [1.807, 2.05) is 11.0 Å². The van der Waals surface area contributed by atoms with E-state index in [2.05, 4.69) is 10.1 Å². The predicted octanol–water partition coefficient (Wildman–Crippen LogP) is 4.27. The Hall–Kier alpha value is -2.42. The first kappa shape index (κ1) is 22.3. The van der Waals surface area contributed by atoms with E-state index >= 15 is 0 Å². The number of ether oxygens (including phenoxy) is 2. The molecule has 6 nitrogen and oxygen atoms in total. The molecule has 1 fully saturated rings. The summed E-state index contributed by atoms with van der Waals surface area (Å²) >= 11 is 5.94. The molecule has 1 saturated heterocycles. The summed E-state index contributed by atoms with van der Waals surface area (Å²) in [6, 6.07) is 11.0. The highest BCUT2D eigenvalue weighted by molar-refractivity contribution is 6.32. The third-order valence-electron chi connectivity index (χ3n) is 4.67. The van der Waals surface area contributed by atoms with Crippen molar-refractivity contribution in [2.24, 2.45) is 0 Å². The van der Waals surface area contributed by atoms with Crippen LogP contribution < -0.4 is 10.1 Å². The fourth-order valence-electron chi connectivity index (χ4n) is 3.32. The van der Waals surface area contributed by atoms with Gasteiger partial charge in [-0.05, 0) is 37.1 Å². The van der Waals surface area contributed by atoms with Gasteiger partial charge in [-0.1, -0.05) is 29.8 Å². The molecule has 0 aromatic heterocycles. The fourth-order valence-corrected chi connectivity index (χ4v) is 3.55. The normalized spacial score (nSPS) is 16.2. The van der Waals surface area contributed by atoms with Crippen molar-refractivity contribution >= 4 is 23.2 Å². The van der Waals surface area contributed by atoms with Crippen molar-refractivity contribution in [2.45, 2.75) is 32.1 Å². The number of amides is 1. The lowest BCUT2D eigenvalue weighted by Crippen LogP contribution is -2.38. The van der Waals surface area contributed by atoms with E-state index in [1.165, 1.54) is 18.2 Å². The maximum atomic E-state index is 12.6. The summed E-state index contributed by atoms with van der Waals surface area (Å²) in [7, 11) is 0. The lowest BCUT2D eigenvalue weighted by Gasteiger charge is -2.25. The Balaban J connectivity index is 1.64. The minimum Gasteiger partial charge on any atom is -0.508 e. The average molecular weight is 441 g/mol. The number of halogens is 3. The number of phenols is 1. The lowest BCUT2D eigenvalue weighted by molar-refractivity contribution is -0.117. The molecule has 1 unspecified atom stereocenters. The average Bonchev–Trinajstić information content (AvgIpc) is 3.18. The number of para-hydroxylation sites is 1. The third kappa shape index (κ3) is 6.55. The zero-order valence-corrected chi connectivity index (χ0v) is 16.9. The number of benzene rings is 2. The van der Waals surface area contributed by atoms with Crippen molar-refractivity contribution in [3.05, 3.63) is 53.1 Å². The summed E-state index contributed by atoms with van der Waals surface area (Å²) in [5.74, 6) is -0.303. The molecule has 30 heavy (non-hydrogen) atoms. The van der Waals surface area contributed by atoms with Crippen LogP contribution in [0, 0.1) is 0 Å². The molecule has 2 aromatic carbocycles. The van der Waals surface area contributed by atoms with Gasteiger partial charge >= 0.3 is 6.61 Å². The summed E-state index contributed by atoms with van der Waals surface area (Å²) in [6.45, 7) is -1.30. The van der Waals surface area contributed by atoms with Gasteiger partial charge in [-0.15, -0.1) is 0 Å². The van der Waals surface area contributed by atoms with Crippen LogP contribution >= 0.6 is 11.6 Å². The molecule has 3 rings (SSSR count). The topological polar surface area (TPSA) is 71.0 Å². The van der Waals surface area contributed by atoms with Crippen LogP contribution in [-0.4, -0.2) is 48.3 Å². The lowest BCUT2D eigenvalue weighted by atomic mass is 10.1. The van der Waals surface area contributed by atoms with Gasteiger partial charge in [0.1, 0.15) is 11.5 Å². The van der Waals surface area contributed by atoms with Gasteiger partial charge in [0.25, 0.3) is 0 Å². The van der Waals surface area contributed by atoms with Gasteiger partial charge in [-0.3, -0.25) is 9.69 Å². The number of hydrogen-bond donors (Lipinski definition) is 2. The second-order valence-corrected chi connectivity index (χ2v) is 7.41. The van der Waals surface area contributed by atoms with Gasteiger partial charge in [0.15, 0.2) is 0 Å². The molecule has 0 bridgehead atoms. The first-order chi connectivity index (χ1) is 14.4. The Bertz CT molecular complexity index is 863. The van der Waals surface area contributed by atoms with Crippen molar-refractivity contribution in [1.82, 2.24) is 4.90 Å². The molecule has 0 aliphatic carbocycles. The first-order valence-corrected chi connectivity index (χ1v) is 9.93. The molecule has 1 heterocycles. The van der Waals surface area contributed by atoms with Crippen molar-refractivity contribution in [1.29, 1.82) is 0 Å². The molecule has 0 saturated carbocycles. The van der Waals surface area contributed by atoms with Crippen molar-refractivity contribution in [3.8, 4) is 11.5 Å². The predicted molar refractivity (Wildman–Crippen MR) is 109 cm³/mol. The van der Waals surface area contributed by atoms with Crippen LogP contribution in [0.2, 0.25) is 5.02 Å². The van der Waals surface area contributed by atoms with Crippen molar-refractivity contribution < 1.29 is 28.2 Å². The zero-order chi connectivity index (χ0) is 21.5. The van der Waals surface area contributed by atoms with Crippen LogP contribution in [-0.2, 0) is 16.1 Å². The summed E-state index contributed by atoms with van der Waals surface area (Å²) < 4.78 is 34.7. The standard InChI is InChI=1S/C21H23ClF2N2O4/c22-17-10-15(7-8-19(17)30-21(23)24)25-20(28)13-26(12-16-5-3-9-29-16)11-14-4-1-2-6-18(14)27/h1-2,4,6-8,10,16,21,27H,3,5,9,11-13H2,(H,25,28). The highest BCUT2D eigenvalue weighted by Crippen LogP contribution is 2.29. The number of nitrogens with one attached hydrogen (secondary N) is 1. The van der Waals surface area contributed by atoms with Crippen LogP contribution in [0.3, 0.4) is 0 Å². The van der Waals surface area contributed by atoms with E-state index in [9.17, 15) is 18.7 Å². The number of phenolic OH excluding ortho intramolecular Hbond substituents is 1. The summed E-state index contributed by atoms with van der Waals surface area (Å²) in [6.07, 6.45) is 1.93. The molecule has 0 radical (unpaired) electrons. The van der Waals surface area contributed by atoms with Gasteiger partial charge in [0.05, 0.1) is 17.7 Å². The number of hydrogen-bond acceptors (Lipinski definition) is 5. The van der Waals surface area contributed by atoms with Gasteiger partial charge in [-0.2, -0.15) is 8.78 Å². The van der Waals surface area contributed by atoms with Crippen LogP contribution in [0.1, 0.15) is 18.4 Å². The number of aromatic hydroxyl groups is 1. The van der Waals surface area contributed by atoms with Crippen molar-refractivity contribution in [3.63, 3.8) is 0 Å². The Labute approximate surface area is 178 Å². The molecule has 9 heteroatoms. The number of carbonyl (C=O) groups is 1. The number of rotatable bonds is 9. The van der Waals surface area contributed by atoms with Crippen molar-refractivity contribution in [2.75, 3.05) is 25.0 Å². The van der Waals surface area contributed by atoms with E-state index < -0.39 is 6.61 Å². The minimum absolute atomic E-state index is 0.0291. The second kappa shape index (κ2) is 10.6. The Morgan fingerprint density at radius 3 is 2.80 bits per heavy atom. The molecule has 162 valence electrons. The van der Waals surface area contributed by atoms with Gasteiger partial charge < -0.3 is 19.9 Å². The Morgan fingerprint density at radius 1 is 1.33 bits per heavy atom. The molecule has 1 aliphatic heterocycles. The second-order valence-electron chi connectivity index (χ2n) is 7.01. The Kier molecular flexibility index (Phi) is 7.84.